The van der Waals surface area contributed by atoms with Crippen LogP contribution in [-0.2, 0) is 34.0 Å². The smallest absolute Gasteiger partial charge is 0.475 e. The standard InChI is InChI=1S/C18H19N5.3C2HF3O2/c1-14-4-2-6-16(21-14)12-22-8-9-23-17(11-20-18(23)13-22)15-5-3-7-19-10-15;3*3-2(4,5)1(6)7/h2-7,10-11H,8-9,12-13H2,1H3;3*(H,6,7). The molecule has 3 aromatic rings. The molecule has 1 aliphatic rings. The van der Waals surface area contributed by atoms with Gasteiger partial charge in [-0.1, -0.05) is 6.07 Å². The van der Waals surface area contributed by atoms with E-state index in [0.29, 0.717) is 0 Å². The van der Waals surface area contributed by atoms with Crippen LogP contribution in [0.2, 0.25) is 0 Å². The van der Waals surface area contributed by atoms with Crippen molar-refractivity contribution in [3.05, 3.63) is 66.1 Å². The lowest BCUT2D eigenvalue weighted by molar-refractivity contribution is -0.193. The number of hydrogen-bond acceptors (Lipinski definition) is 7. The number of aromatic nitrogens is 4. The van der Waals surface area contributed by atoms with Crippen LogP contribution in [0.4, 0.5) is 39.5 Å². The largest absolute Gasteiger partial charge is 0.490 e. The number of fused-ring (bicyclic) bond motifs is 1. The van der Waals surface area contributed by atoms with E-state index in [4.69, 9.17) is 29.7 Å². The predicted molar refractivity (Wildman–Crippen MR) is 130 cm³/mol. The Labute approximate surface area is 241 Å². The summed E-state index contributed by atoms with van der Waals surface area (Å²) in [4.78, 5) is 42.5. The van der Waals surface area contributed by atoms with Gasteiger partial charge in [0.2, 0.25) is 0 Å². The maximum Gasteiger partial charge on any atom is 0.490 e. The van der Waals surface area contributed by atoms with Gasteiger partial charge in [0, 0.05) is 43.3 Å². The van der Waals surface area contributed by atoms with Crippen molar-refractivity contribution in [2.24, 2.45) is 0 Å². The van der Waals surface area contributed by atoms with Gasteiger partial charge in [0.15, 0.2) is 0 Å². The molecule has 4 rings (SSSR count). The van der Waals surface area contributed by atoms with Gasteiger partial charge in [0.25, 0.3) is 0 Å². The van der Waals surface area contributed by atoms with E-state index < -0.39 is 36.4 Å². The maximum absolute atomic E-state index is 10.6. The molecule has 0 bridgehead atoms. The first-order chi connectivity index (χ1) is 20.1. The van der Waals surface area contributed by atoms with Crippen molar-refractivity contribution in [1.29, 1.82) is 0 Å². The van der Waals surface area contributed by atoms with Crippen LogP contribution in [0.25, 0.3) is 11.3 Å². The molecule has 242 valence electrons. The number of rotatable bonds is 3. The minimum Gasteiger partial charge on any atom is -0.475 e. The molecule has 0 radical (unpaired) electrons. The Morgan fingerprint density at radius 3 is 1.75 bits per heavy atom. The van der Waals surface area contributed by atoms with Crippen molar-refractivity contribution < 1.29 is 69.2 Å². The SMILES string of the molecule is Cc1cccc(CN2CCn3c(-c4cccnc4)cnc3C2)n1.O=C(O)C(F)(F)F.O=C(O)C(F)(F)F.O=C(O)C(F)(F)F. The lowest BCUT2D eigenvalue weighted by atomic mass is 10.2. The number of alkyl halides is 9. The van der Waals surface area contributed by atoms with Crippen LogP contribution in [0.1, 0.15) is 17.2 Å². The Hall–Kier alpha value is -4.75. The fourth-order valence-corrected chi connectivity index (χ4v) is 3.11. The van der Waals surface area contributed by atoms with Crippen molar-refractivity contribution in [2.45, 2.75) is 45.1 Å². The number of carboxylic acid groups (broad SMARTS) is 3. The molecule has 20 heteroatoms. The average Bonchev–Trinajstić information content (AvgIpc) is 3.32. The molecule has 3 N–H and O–H groups in total. The highest BCUT2D eigenvalue weighted by atomic mass is 19.4. The van der Waals surface area contributed by atoms with Gasteiger partial charge in [-0.25, -0.2) is 19.4 Å². The molecule has 1 aliphatic heterocycles. The minimum absolute atomic E-state index is 0.857. The second-order valence-electron chi connectivity index (χ2n) is 8.34. The summed E-state index contributed by atoms with van der Waals surface area (Å²) in [6, 6.07) is 10.2. The maximum atomic E-state index is 10.6. The van der Waals surface area contributed by atoms with E-state index in [-0.39, 0.29) is 0 Å². The number of hydrogen-bond donors (Lipinski definition) is 3. The normalized spacial score (nSPS) is 13.0. The van der Waals surface area contributed by atoms with Crippen LogP contribution in [0.15, 0.2) is 48.9 Å². The Bertz CT molecular complexity index is 1340. The molecule has 4 heterocycles. The van der Waals surface area contributed by atoms with Gasteiger partial charge in [-0.15, -0.1) is 0 Å². The number of imidazole rings is 1. The van der Waals surface area contributed by atoms with Crippen molar-refractivity contribution in [3.63, 3.8) is 0 Å². The van der Waals surface area contributed by atoms with E-state index in [9.17, 15) is 39.5 Å². The molecule has 11 nitrogen and oxygen atoms in total. The van der Waals surface area contributed by atoms with Crippen LogP contribution in [0, 0.1) is 6.92 Å². The lowest BCUT2D eigenvalue weighted by Crippen LogP contribution is -2.33. The lowest BCUT2D eigenvalue weighted by Gasteiger charge is -2.28. The molecule has 0 aromatic carbocycles. The van der Waals surface area contributed by atoms with Crippen molar-refractivity contribution in [3.8, 4) is 11.3 Å². The topological polar surface area (TPSA) is 159 Å². The third kappa shape index (κ3) is 13.0. The van der Waals surface area contributed by atoms with Gasteiger partial charge in [-0.05, 0) is 31.2 Å². The van der Waals surface area contributed by atoms with Gasteiger partial charge in [0.1, 0.15) is 5.82 Å². The van der Waals surface area contributed by atoms with E-state index in [1.165, 1.54) is 0 Å². The minimum atomic E-state index is -5.08. The van der Waals surface area contributed by atoms with E-state index in [0.717, 1.165) is 54.6 Å². The molecule has 0 unspecified atom stereocenters. The molecule has 0 fully saturated rings. The number of aliphatic carboxylic acids is 3. The summed E-state index contributed by atoms with van der Waals surface area (Å²) in [5, 5.41) is 21.4. The zero-order valence-corrected chi connectivity index (χ0v) is 22.2. The second kappa shape index (κ2) is 15.6. The first-order valence-electron chi connectivity index (χ1n) is 11.6. The molecule has 0 amide bonds. The average molecular weight is 647 g/mol. The fourth-order valence-electron chi connectivity index (χ4n) is 3.11. The van der Waals surface area contributed by atoms with Gasteiger partial charge in [-0.3, -0.25) is 14.9 Å². The number of carbonyl (C=O) groups is 3. The molecule has 0 spiro atoms. The predicted octanol–water partition coefficient (Wildman–Crippen LogP) is 4.56. The number of halogens is 9. The van der Waals surface area contributed by atoms with E-state index in [1.54, 1.807) is 6.20 Å². The number of carboxylic acids is 3. The first-order valence-corrected chi connectivity index (χ1v) is 11.6. The Balaban J connectivity index is 0.000000379. The highest BCUT2D eigenvalue weighted by Gasteiger charge is 2.39. The molecule has 3 aromatic heterocycles. The van der Waals surface area contributed by atoms with Crippen LogP contribution in [0.5, 0.6) is 0 Å². The highest BCUT2D eigenvalue weighted by molar-refractivity contribution is 5.73. The van der Waals surface area contributed by atoms with Gasteiger partial charge in [0.05, 0.1) is 24.1 Å². The molecular formula is C24H22F9N5O6. The van der Waals surface area contributed by atoms with E-state index in [1.807, 2.05) is 31.5 Å². The monoisotopic (exact) mass is 647 g/mol. The highest BCUT2D eigenvalue weighted by Crippen LogP contribution is 2.24. The number of nitrogens with zero attached hydrogens (tertiary/aromatic N) is 5. The third-order valence-electron chi connectivity index (χ3n) is 4.96. The van der Waals surface area contributed by atoms with Crippen molar-refractivity contribution >= 4 is 17.9 Å². The Kier molecular flexibility index (Phi) is 13.3. The molecule has 0 atom stereocenters. The Morgan fingerprint density at radius 1 is 0.795 bits per heavy atom. The summed E-state index contributed by atoms with van der Waals surface area (Å²) in [6.45, 7) is 5.72. The Morgan fingerprint density at radius 2 is 1.32 bits per heavy atom. The van der Waals surface area contributed by atoms with Crippen LogP contribution in [0.3, 0.4) is 0 Å². The van der Waals surface area contributed by atoms with Crippen LogP contribution in [-0.4, -0.2) is 82.7 Å². The molecule has 0 saturated heterocycles. The quantitative estimate of drug-likeness (QED) is 0.344. The van der Waals surface area contributed by atoms with Crippen LogP contribution < -0.4 is 0 Å². The van der Waals surface area contributed by atoms with Crippen LogP contribution >= 0.6 is 0 Å². The van der Waals surface area contributed by atoms with E-state index in [2.05, 4.69) is 42.6 Å². The zero-order chi connectivity index (χ0) is 33.9. The molecule has 44 heavy (non-hydrogen) atoms. The summed E-state index contributed by atoms with van der Waals surface area (Å²) in [6.07, 6.45) is -9.60. The fraction of sp³-hybridized carbons (Fsp3) is 0.333. The molecule has 0 saturated carbocycles. The van der Waals surface area contributed by atoms with Crippen molar-refractivity contribution in [2.75, 3.05) is 6.54 Å². The summed E-state index contributed by atoms with van der Waals surface area (Å²) in [5.41, 5.74) is 4.47. The first kappa shape index (κ1) is 37.3. The second-order valence-corrected chi connectivity index (χ2v) is 8.34. The summed E-state index contributed by atoms with van der Waals surface area (Å²) < 4.78 is 97.5. The third-order valence-corrected chi connectivity index (χ3v) is 4.96. The van der Waals surface area contributed by atoms with E-state index >= 15 is 0 Å². The van der Waals surface area contributed by atoms with Crippen molar-refractivity contribution in [1.82, 2.24) is 24.4 Å². The molecule has 0 aliphatic carbocycles. The van der Waals surface area contributed by atoms with Gasteiger partial charge in [-0.2, -0.15) is 39.5 Å². The zero-order valence-electron chi connectivity index (χ0n) is 22.2. The van der Waals surface area contributed by atoms with Gasteiger partial charge >= 0.3 is 36.4 Å². The molecular weight excluding hydrogens is 625 g/mol. The number of aryl methyl sites for hydroxylation is 1. The number of pyridine rings is 2. The van der Waals surface area contributed by atoms with Gasteiger partial charge < -0.3 is 19.9 Å². The summed E-state index contributed by atoms with van der Waals surface area (Å²) in [7, 11) is 0. The summed E-state index contributed by atoms with van der Waals surface area (Å²) >= 11 is 0. The summed E-state index contributed by atoms with van der Waals surface area (Å²) in [5.74, 6) is -7.16.